The number of phosphoric acid groups is 1. The number of quaternary nitrogens is 1. The van der Waals surface area contributed by atoms with Gasteiger partial charge in [0.05, 0.1) is 37.6 Å². The molecule has 11 heteroatoms. The van der Waals surface area contributed by atoms with E-state index in [9.17, 15) is 19.0 Å². The third-order valence-corrected chi connectivity index (χ3v) is 6.33. The van der Waals surface area contributed by atoms with Gasteiger partial charge in [-0.3, -0.25) is 14.2 Å². The van der Waals surface area contributed by atoms with Crippen LogP contribution in [0.3, 0.4) is 0 Å². The average Bonchev–Trinajstić information content (AvgIpc) is 2.70. The molecule has 0 saturated carbocycles. The third kappa shape index (κ3) is 20.1. The van der Waals surface area contributed by atoms with E-state index in [1.54, 1.807) is 20.8 Å². The molecule has 0 aromatic carbocycles. The predicted molar refractivity (Wildman–Crippen MR) is 142 cm³/mol. The van der Waals surface area contributed by atoms with Crippen LogP contribution in [0.4, 0.5) is 0 Å². The standard InChI is InChI=1S/C21H42NO8P.4CH4.Y/c1-8-11-13-27-18(23)20(4,5)17-21(6,9-2)19(24)28-15-16-30-31(25,26)29-14-12-22(7)10-3;;;;;/h8-17H2,1-7H3,(H,25,26);4*1H4;. The summed E-state index contributed by atoms with van der Waals surface area (Å²) < 4.78 is 31.9. The van der Waals surface area contributed by atoms with Gasteiger partial charge in [0.1, 0.15) is 19.8 Å². The predicted octanol–water partition coefficient (Wildman–Crippen LogP) is 4.28. The second-order valence-corrected chi connectivity index (χ2v) is 10.2. The Morgan fingerprint density at radius 3 is 1.83 bits per heavy atom. The number of nitrogens with one attached hydrogen (secondary N) is 1. The van der Waals surface area contributed by atoms with Gasteiger partial charge in [0, 0.05) is 32.7 Å². The Labute approximate surface area is 248 Å². The van der Waals surface area contributed by atoms with Crippen LogP contribution in [-0.4, -0.2) is 58.5 Å². The van der Waals surface area contributed by atoms with Gasteiger partial charge in [-0.05, 0) is 47.0 Å². The Kier molecular flexibility index (Phi) is 33.0. The minimum atomic E-state index is -4.44. The first-order valence-electron chi connectivity index (χ1n) is 11.1. The fourth-order valence-electron chi connectivity index (χ4n) is 2.90. The molecule has 0 aromatic heterocycles. The molecular weight excluding hydrogens is 562 g/mol. The van der Waals surface area contributed by atoms with Crippen molar-refractivity contribution in [2.24, 2.45) is 10.8 Å². The molecule has 0 aliphatic rings. The molecule has 0 saturated heterocycles. The summed E-state index contributed by atoms with van der Waals surface area (Å²) in [7, 11) is -2.52. The first kappa shape index (κ1) is 49.1. The van der Waals surface area contributed by atoms with E-state index in [-0.39, 0.29) is 94.6 Å². The van der Waals surface area contributed by atoms with Gasteiger partial charge in [-0.2, -0.15) is 0 Å². The molecule has 3 atom stereocenters. The smallest absolute Gasteiger partial charge is 0.311 e. The average molecular weight is 621 g/mol. The van der Waals surface area contributed by atoms with Gasteiger partial charge in [0.25, 0.3) is 7.82 Å². The van der Waals surface area contributed by atoms with Crippen molar-refractivity contribution in [3.63, 3.8) is 0 Å². The zero-order chi connectivity index (χ0) is 24.1. The number of unbranched alkanes of at least 4 members (excludes halogenated alkanes) is 1. The molecule has 0 heterocycles. The van der Waals surface area contributed by atoms with Crippen molar-refractivity contribution >= 4 is 19.8 Å². The van der Waals surface area contributed by atoms with Crippen LogP contribution in [0.25, 0.3) is 0 Å². The van der Waals surface area contributed by atoms with E-state index in [1.807, 2.05) is 27.8 Å². The van der Waals surface area contributed by atoms with Gasteiger partial charge in [0.15, 0.2) is 0 Å². The number of ether oxygens (including phenoxy) is 2. The van der Waals surface area contributed by atoms with Crippen molar-refractivity contribution in [2.45, 2.75) is 96.9 Å². The van der Waals surface area contributed by atoms with Gasteiger partial charge < -0.3 is 28.3 Å². The third-order valence-electron chi connectivity index (χ3n) is 5.34. The van der Waals surface area contributed by atoms with Crippen molar-refractivity contribution in [1.29, 1.82) is 0 Å². The zero-order valence-electron chi connectivity index (χ0n) is 20.9. The minimum absolute atomic E-state index is 0. The van der Waals surface area contributed by atoms with E-state index < -0.39 is 24.6 Å². The number of carbonyl (C=O) groups is 2. The number of phosphoric ester groups is 1. The molecule has 0 spiro atoms. The first-order valence-corrected chi connectivity index (χ1v) is 12.6. The Hall–Kier alpha value is 0.114. The Morgan fingerprint density at radius 2 is 1.36 bits per heavy atom. The SMILES string of the molecule is C.C.C.C.CCCCOC(=O)C(C)(C)CC(C)(CC)C(=O)OCCOP(=O)([O-])OCC[NH+](C)CC.[Y]. The fourth-order valence-corrected chi connectivity index (χ4v) is 3.58. The molecule has 0 aliphatic heterocycles. The second-order valence-electron chi connectivity index (χ2n) is 8.77. The zero-order valence-corrected chi connectivity index (χ0v) is 24.6. The Balaban J connectivity index is -0.000000450. The topological polar surface area (TPSA) is 116 Å². The summed E-state index contributed by atoms with van der Waals surface area (Å²) in [5, 5.41) is 0. The van der Waals surface area contributed by atoms with E-state index in [1.165, 1.54) is 0 Å². The van der Waals surface area contributed by atoms with Gasteiger partial charge in [-0.15, -0.1) is 0 Å². The van der Waals surface area contributed by atoms with Crippen molar-refractivity contribution in [3.05, 3.63) is 0 Å². The summed E-state index contributed by atoms with van der Waals surface area (Å²) in [6.07, 6.45) is 2.41. The first-order chi connectivity index (χ1) is 14.3. The van der Waals surface area contributed by atoms with Crippen molar-refractivity contribution in [2.75, 3.05) is 46.6 Å². The number of carbonyl (C=O) groups excluding carboxylic acids is 2. The number of likely N-dealkylation sites (N-methyl/N-ethyl adjacent to an activating group) is 1. The summed E-state index contributed by atoms with van der Waals surface area (Å²) in [5.41, 5.74) is -1.78. The van der Waals surface area contributed by atoms with E-state index in [0.717, 1.165) is 24.3 Å². The molecule has 0 aromatic rings. The van der Waals surface area contributed by atoms with E-state index in [2.05, 4.69) is 0 Å². The van der Waals surface area contributed by atoms with E-state index >= 15 is 0 Å². The van der Waals surface area contributed by atoms with Crippen molar-refractivity contribution in [1.82, 2.24) is 0 Å². The second kappa shape index (κ2) is 24.2. The Bertz CT molecular complexity index is 607. The molecular formula is C25H58NO8PY. The summed E-state index contributed by atoms with van der Waals surface area (Å²) in [4.78, 5) is 37.9. The van der Waals surface area contributed by atoms with E-state index in [0.29, 0.717) is 19.6 Å². The maximum Gasteiger partial charge on any atom is 0.311 e. The normalized spacial score (nSPS) is 14.4. The number of esters is 2. The number of rotatable bonds is 17. The molecule has 36 heavy (non-hydrogen) atoms. The molecule has 219 valence electrons. The molecule has 3 unspecified atom stereocenters. The molecule has 0 rings (SSSR count). The van der Waals surface area contributed by atoms with E-state index in [4.69, 9.17) is 18.5 Å². The summed E-state index contributed by atoms with van der Waals surface area (Å²) in [6.45, 7) is 12.3. The summed E-state index contributed by atoms with van der Waals surface area (Å²) >= 11 is 0. The van der Waals surface area contributed by atoms with Crippen LogP contribution in [0.5, 0.6) is 0 Å². The molecule has 1 N–H and O–H groups in total. The van der Waals surface area contributed by atoms with Crippen molar-refractivity contribution in [3.8, 4) is 0 Å². The van der Waals surface area contributed by atoms with Crippen LogP contribution in [0.1, 0.15) is 96.9 Å². The maximum absolute atomic E-state index is 12.7. The monoisotopic (exact) mass is 620 g/mol. The number of hydrogen-bond donors (Lipinski definition) is 1. The maximum atomic E-state index is 12.7. The van der Waals surface area contributed by atoms with Crippen LogP contribution in [0.15, 0.2) is 0 Å². The Morgan fingerprint density at radius 1 is 0.861 bits per heavy atom. The van der Waals surface area contributed by atoms with Gasteiger partial charge in [0.2, 0.25) is 0 Å². The largest absolute Gasteiger partial charge is 0.756 e. The molecule has 0 bridgehead atoms. The molecule has 0 amide bonds. The summed E-state index contributed by atoms with van der Waals surface area (Å²) in [6, 6.07) is 0. The van der Waals surface area contributed by atoms with Crippen LogP contribution >= 0.6 is 7.82 Å². The van der Waals surface area contributed by atoms with Gasteiger partial charge in [-0.25, -0.2) is 0 Å². The quantitative estimate of drug-likeness (QED) is 0.146. The van der Waals surface area contributed by atoms with Gasteiger partial charge >= 0.3 is 11.9 Å². The summed E-state index contributed by atoms with van der Waals surface area (Å²) in [5.74, 6) is -0.861. The molecule has 1 radical (unpaired) electrons. The van der Waals surface area contributed by atoms with Crippen LogP contribution in [0, 0.1) is 10.8 Å². The van der Waals surface area contributed by atoms with Crippen LogP contribution < -0.4 is 9.79 Å². The van der Waals surface area contributed by atoms with Gasteiger partial charge in [-0.1, -0.05) is 50.0 Å². The molecule has 0 aliphatic carbocycles. The van der Waals surface area contributed by atoms with Crippen molar-refractivity contribution < 1.29 is 75.2 Å². The minimum Gasteiger partial charge on any atom is -0.756 e. The van der Waals surface area contributed by atoms with Crippen LogP contribution in [0.2, 0.25) is 0 Å². The fraction of sp³-hybridized carbons (Fsp3) is 0.920. The molecule has 9 nitrogen and oxygen atoms in total. The molecule has 0 fully saturated rings. The number of hydrogen-bond acceptors (Lipinski definition) is 8. The van der Waals surface area contributed by atoms with Crippen LogP contribution in [-0.2, 0) is 65.4 Å².